The highest BCUT2D eigenvalue weighted by molar-refractivity contribution is 6.06. The number of nitrogens with zero attached hydrogens (tertiary/aromatic N) is 1. The highest BCUT2D eigenvalue weighted by atomic mass is 16.6. The molecular weight excluding hydrogens is 222 g/mol. The molecule has 1 atom stereocenters. The number of carbonyl (C=O) groups excluding carboxylic acids is 3. The van der Waals surface area contributed by atoms with Crippen molar-refractivity contribution in [2.24, 2.45) is 0 Å². The first-order valence-electron chi connectivity index (χ1n) is 5.81. The highest BCUT2D eigenvalue weighted by Crippen LogP contribution is 2.21. The summed E-state index contributed by atoms with van der Waals surface area (Å²) < 4.78 is 5.17. The van der Waals surface area contributed by atoms with Crippen LogP contribution in [0.25, 0.3) is 0 Å². The maximum absolute atomic E-state index is 11.9. The summed E-state index contributed by atoms with van der Waals surface area (Å²) in [5.74, 6) is -0.566. The fourth-order valence-corrected chi connectivity index (χ4v) is 1.77. The summed E-state index contributed by atoms with van der Waals surface area (Å²) in [4.78, 5) is 36.0. The van der Waals surface area contributed by atoms with Gasteiger partial charge in [0.25, 0.3) is 0 Å². The molecule has 0 unspecified atom stereocenters. The van der Waals surface area contributed by atoms with E-state index in [-0.39, 0.29) is 24.7 Å². The van der Waals surface area contributed by atoms with Crippen molar-refractivity contribution in [3.63, 3.8) is 0 Å². The molecule has 1 aliphatic rings. The molecule has 0 N–H and O–H groups in total. The van der Waals surface area contributed by atoms with E-state index in [0.717, 1.165) is 4.90 Å². The van der Waals surface area contributed by atoms with E-state index in [2.05, 4.69) is 0 Å². The maximum atomic E-state index is 11.9. The number of ketones is 1. The molecule has 0 radical (unpaired) electrons. The monoisotopic (exact) mass is 241 g/mol. The molecule has 1 saturated heterocycles. The fraction of sp³-hybridized carbons (Fsp3) is 0.750. The van der Waals surface area contributed by atoms with Crippen molar-refractivity contribution in [2.45, 2.75) is 58.6 Å². The van der Waals surface area contributed by atoms with E-state index in [1.807, 2.05) is 6.92 Å². The summed E-state index contributed by atoms with van der Waals surface area (Å²) in [7, 11) is 0. The van der Waals surface area contributed by atoms with Gasteiger partial charge < -0.3 is 4.74 Å². The van der Waals surface area contributed by atoms with E-state index < -0.39 is 17.6 Å². The number of likely N-dealkylation sites (tertiary alicyclic amines) is 1. The Morgan fingerprint density at radius 3 is 2.47 bits per heavy atom. The average molecular weight is 241 g/mol. The van der Waals surface area contributed by atoms with Crippen molar-refractivity contribution in [3.05, 3.63) is 0 Å². The van der Waals surface area contributed by atoms with E-state index >= 15 is 0 Å². The zero-order chi connectivity index (χ0) is 13.2. The molecule has 0 saturated carbocycles. The molecule has 0 aromatic rings. The lowest BCUT2D eigenvalue weighted by Crippen LogP contribution is -2.51. The van der Waals surface area contributed by atoms with Gasteiger partial charge in [-0.3, -0.25) is 9.59 Å². The number of piperidine rings is 1. The summed E-state index contributed by atoms with van der Waals surface area (Å²) in [5.41, 5.74) is -0.642. The number of imide groups is 1. The minimum atomic E-state index is -0.651. The number of amides is 2. The van der Waals surface area contributed by atoms with Crippen LogP contribution in [0.15, 0.2) is 0 Å². The average Bonchev–Trinajstić information content (AvgIpc) is 2.12. The standard InChI is InChI=1S/C12H19NO4/c1-5-8-6-9(14)7-10(15)13(8)11(16)17-12(2,3)4/h8H,5-7H2,1-4H3/t8-/m0/s1. The van der Waals surface area contributed by atoms with Gasteiger partial charge in [0.2, 0.25) is 5.91 Å². The van der Waals surface area contributed by atoms with E-state index in [4.69, 9.17) is 4.74 Å². The van der Waals surface area contributed by atoms with Crippen LogP contribution in [0.1, 0.15) is 47.0 Å². The van der Waals surface area contributed by atoms with E-state index in [1.165, 1.54) is 0 Å². The van der Waals surface area contributed by atoms with Crippen LogP contribution in [-0.4, -0.2) is 34.3 Å². The van der Waals surface area contributed by atoms with Gasteiger partial charge in [-0.2, -0.15) is 0 Å². The predicted octanol–water partition coefficient (Wildman–Crippen LogP) is 1.89. The molecule has 0 bridgehead atoms. The quantitative estimate of drug-likeness (QED) is 0.658. The van der Waals surface area contributed by atoms with Gasteiger partial charge >= 0.3 is 6.09 Å². The molecule has 17 heavy (non-hydrogen) atoms. The first-order chi connectivity index (χ1) is 7.74. The number of hydrogen-bond donors (Lipinski definition) is 0. The highest BCUT2D eigenvalue weighted by Gasteiger charge is 2.38. The van der Waals surface area contributed by atoms with Crippen LogP contribution in [0.2, 0.25) is 0 Å². The Bertz CT molecular complexity index is 343. The number of Topliss-reactive ketones (excluding diaryl/α,β-unsaturated/α-hetero) is 1. The summed E-state index contributed by atoms with van der Waals surface area (Å²) >= 11 is 0. The zero-order valence-corrected chi connectivity index (χ0v) is 10.8. The number of rotatable bonds is 1. The minimum absolute atomic E-state index is 0.110. The molecule has 96 valence electrons. The molecule has 0 spiro atoms. The van der Waals surface area contributed by atoms with Crippen molar-refractivity contribution >= 4 is 17.8 Å². The van der Waals surface area contributed by atoms with Crippen LogP contribution in [0.3, 0.4) is 0 Å². The van der Waals surface area contributed by atoms with Crippen molar-refractivity contribution < 1.29 is 19.1 Å². The molecule has 0 aromatic carbocycles. The second-order valence-corrected chi connectivity index (χ2v) is 5.23. The Morgan fingerprint density at radius 2 is 2.00 bits per heavy atom. The Morgan fingerprint density at radius 1 is 1.41 bits per heavy atom. The largest absolute Gasteiger partial charge is 0.443 e. The third-order valence-corrected chi connectivity index (χ3v) is 2.51. The lowest BCUT2D eigenvalue weighted by Gasteiger charge is -2.34. The number of ether oxygens (including phenoxy) is 1. The Labute approximate surface area is 101 Å². The van der Waals surface area contributed by atoms with Crippen molar-refractivity contribution in [3.8, 4) is 0 Å². The molecule has 2 amide bonds. The molecule has 0 aliphatic carbocycles. The SMILES string of the molecule is CC[C@H]1CC(=O)CC(=O)N1C(=O)OC(C)(C)C. The zero-order valence-electron chi connectivity index (χ0n) is 10.8. The summed E-state index contributed by atoms with van der Waals surface area (Å²) in [6.07, 6.45) is -0.0460. The van der Waals surface area contributed by atoms with Gasteiger partial charge in [-0.15, -0.1) is 0 Å². The molecule has 5 heteroatoms. The van der Waals surface area contributed by atoms with Crippen LogP contribution >= 0.6 is 0 Å². The fourth-order valence-electron chi connectivity index (χ4n) is 1.77. The van der Waals surface area contributed by atoms with Gasteiger partial charge in [-0.25, -0.2) is 9.69 Å². The van der Waals surface area contributed by atoms with Crippen molar-refractivity contribution in [2.75, 3.05) is 0 Å². The van der Waals surface area contributed by atoms with Crippen LogP contribution in [0, 0.1) is 0 Å². The second kappa shape index (κ2) is 4.85. The second-order valence-electron chi connectivity index (χ2n) is 5.23. The lowest BCUT2D eigenvalue weighted by atomic mass is 9.99. The van der Waals surface area contributed by atoms with Gasteiger partial charge in [-0.1, -0.05) is 6.92 Å². The lowest BCUT2D eigenvalue weighted by molar-refractivity contribution is -0.141. The Balaban J connectivity index is 2.82. The topological polar surface area (TPSA) is 63.7 Å². The normalized spacial score (nSPS) is 21.6. The first-order valence-corrected chi connectivity index (χ1v) is 5.81. The molecule has 5 nitrogen and oxygen atoms in total. The molecule has 1 aliphatic heterocycles. The van der Waals surface area contributed by atoms with Gasteiger partial charge in [0.15, 0.2) is 0 Å². The van der Waals surface area contributed by atoms with Gasteiger partial charge in [0.1, 0.15) is 11.4 Å². The predicted molar refractivity (Wildman–Crippen MR) is 61.4 cm³/mol. The van der Waals surface area contributed by atoms with E-state index in [9.17, 15) is 14.4 Å². The van der Waals surface area contributed by atoms with Crippen LogP contribution < -0.4 is 0 Å². The van der Waals surface area contributed by atoms with Gasteiger partial charge in [-0.05, 0) is 27.2 Å². The molecule has 1 rings (SSSR count). The van der Waals surface area contributed by atoms with Crippen LogP contribution in [0.4, 0.5) is 4.79 Å². The van der Waals surface area contributed by atoms with Gasteiger partial charge in [0, 0.05) is 12.5 Å². The minimum Gasteiger partial charge on any atom is -0.443 e. The number of hydrogen-bond acceptors (Lipinski definition) is 4. The van der Waals surface area contributed by atoms with Crippen LogP contribution in [0.5, 0.6) is 0 Å². The summed E-state index contributed by atoms with van der Waals surface area (Å²) in [5, 5.41) is 0. The van der Waals surface area contributed by atoms with Crippen molar-refractivity contribution in [1.82, 2.24) is 4.90 Å². The molecule has 1 fully saturated rings. The maximum Gasteiger partial charge on any atom is 0.417 e. The molecule has 1 heterocycles. The third kappa shape index (κ3) is 3.54. The molecular formula is C12H19NO4. The van der Waals surface area contributed by atoms with Crippen LogP contribution in [-0.2, 0) is 14.3 Å². The van der Waals surface area contributed by atoms with Crippen molar-refractivity contribution in [1.29, 1.82) is 0 Å². The van der Waals surface area contributed by atoms with E-state index in [0.29, 0.717) is 6.42 Å². The first kappa shape index (κ1) is 13.7. The molecule has 0 aromatic heterocycles. The Hall–Kier alpha value is -1.39. The number of carbonyl (C=O) groups is 3. The van der Waals surface area contributed by atoms with E-state index in [1.54, 1.807) is 20.8 Å². The van der Waals surface area contributed by atoms with Gasteiger partial charge in [0.05, 0.1) is 6.42 Å². The Kier molecular flexibility index (Phi) is 3.91. The summed E-state index contributed by atoms with van der Waals surface area (Å²) in [6, 6.07) is -0.362. The third-order valence-electron chi connectivity index (χ3n) is 2.51. The summed E-state index contributed by atoms with van der Waals surface area (Å²) in [6.45, 7) is 7.07. The smallest absolute Gasteiger partial charge is 0.417 e.